The van der Waals surface area contributed by atoms with Gasteiger partial charge in [0.2, 0.25) is 0 Å². The summed E-state index contributed by atoms with van der Waals surface area (Å²) in [7, 11) is 0. The maximum atomic E-state index is 11.6. The van der Waals surface area contributed by atoms with Gasteiger partial charge >= 0.3 is 5.97 Å². The summed E-state index contributed by atoms with van der Waals surface area (Å²) >= 11 is 0. The minimum atomic E-state index is -1.29. The largest absolute Gasteiger partial charge is 0.477 e. The molecule has 1 aromatic rings. The number of hydrogen-bond donors (Lipinski definition) is 1. The Labute approximate surface area is 99.7 Å². The van der Waals surface area contributed by atoms with E-state index in [-0.39, 0.29) is 5.56 Å². The Bertz CT molecular complexity index is 487. The van der Waals surface area contributed by atoms with Crippen molar-refractivity contribution in [3.63, 3.8) is 0 Å². The molecular formula is C12H16N2O3. The average Bonchev–Trinajstić information content (AvgIpc) is 2.34. The minimum absolute atomic E-state index is 0.308. The highest BCUT2D eigenvalue weighted by molar-refractivity contribution is 5.86. The Morgan fingerprint density at radius 3 is 2.53 bits per heavy atom. The molecule has 92 valence electrons. The highest BCUT2D eigenvalue weighted by Crippen LogP contribution is 1.98. The minimum Gasteiger partial charge on any atom is -0.477 e. The van der Waals surface area contributed by atoms with Crippen molar-refractivity contribution in [1.29, 1.82) is 0 Å². The Balaban J connectivity index is 0.00000121. The van der Waals surface area contributed by atoms with Crippen LogP contribution in [-0.4, -0.2) is 20.6 Å². The highest BCUT2D eigenvalue weighted by Gasteiger charge is 2.12. The third-order valence-corrected chi connectivity index (χ3v) is 1.73. The van der Waals surface area contributed by atoms with Crippen LogP contribution in [-0.2, 0) is 0 Å². The highest BCUT2D eigenvalue weighted by atomic mass is 16.4. The SMILES string of the molecule is C=Cc1ncc(C(=O)O)c(=O)n1/C=C\C.CC. The number of rotatable bonds is 3. The van der Waals surface area contributed by atoms with Crippen LogP contribution < -0.4 is 5.56 Å². The van der Waals surface area contributed by atoms with Gasteiger partial charge in [-0.2, -0.15) is 0 Å². The lowest BCUT2D eigenvalue weighted by molar-refractivity contribution is 0.0694. The molecule has 0 aliphatic rings. The van der Waals surface area contributed by atoms with Crippen LogP contribution in [0, 0.1) is 0 Å². The fourth-order valence-electron chi connectivity index (χ4n) is 1.07. The van der Waals surface area contributed by atoms with Crippen molar-refractivity contribution < 1.29 is 9.90 Å². The quantitative estimate of drug-likeness (QED) is 0.872. The van der Waals surface area contributed by atoms with Crippen molar-refractivity contribution in [2.45, 2.75) is 20.8 Å². The first-order chi connectivity index (χ1) is 8.11. The third-order valence-electron chi connectivity index (χ3n) is 1.73. The monoisotopic (exact) mass is 236 g/mol. The standard InChI is InChI=1S/C10H10N2O3.C2H6/c1-3-5-12-8(4-2)11-6-7(9(12)13)10(14)15;1-2/h3-6H,2H2,1H3,(H,14,15);1-2H3/b5-3-;. The summed E-state index contributed by atoms with van der Waals surface area (Å²) in [6.45, 7) is 9.20. The summed E-state index contributed by atoms with van der Waals surface area (Å²) in [4.78, 5) is 26.1. The van der Waals surface area contributed by atoms with Crippen LogP contribution in [0.5, 0.6) is 0 Å². The first-order valence-electron chi connectivity index (χ1n) is 5.22. The normalized spacial score (nSPS) is 9.59. The van der Waals surface area contributed by atoms with Crippen LogP contribution in [0.1, 0.15) is 37.0 Å². The summed E-state index contributed by atoms with van der Waals surface area (Å²) in [5.74, 6) is -0.982. The van der Waals surface area contributed by atoms with Gasteiger partial charge < -0.3 is 5.11 Å². The molecule has 0 aliphatic carbocycles. The molecule has 17 heavy (non-hydrogen) atoms. The molecule has 0 atom stereocenters. The number of hydrogen-bond acceptors (Lipinski definition) is 3. The molecule has 0 saturated carbocycles. The molecular weight excluding hydrogens is 220 g/mol. The van der Waals surface area contributed by atoms with E-state index in [0.717, 1.165) is 10.8 Å². The Hall–Kier alpha value is -2.17. The topological polar surface area (TPSA) is 72.2 Å². The van der Waals surface area contributed by atoms with Gasteiger partial charge in [-0.25, -0.2) is 9.78 Å². The van der Waals surface area contributed by atoms with Crippen LogP contribution in [0.2, 0.25) is 0 Å². The van der Waals surface area contributed by atoms with E-state index in [1.54, 1.807) is 13.0 Å². The number of carboxylic acid groups (broad SMARTS) is 1. The van der Waals surface area contributed by atoms with Crippen LogP contribution in [0.25, 0.3) is 12.3 Å². The molecule has 0 spiro atoms. The Morgan fingerprint density at radius 1 is 1.53 bits per heavy atom. The molecule has 1 heterocycles. The fraction of sp³-hybridized carbons (Fsp3) is 0.250. The van der Waals surface area contributed by atoms with E-state index in [2.05, 4.69) is 11.6 Å². The molecule has 5 nitrogen and oxygen atoms in total. The maximum Gasteiger partial charge on any atom is 0.342 e. The van der Waals surface area contributed by atoms with Crippen molar-refractivity contribution in [2.24, 2.45) is 0 Å². The van der Waals surface area contributed by atoms with Crippen molar-refractivity contribution in [2.75, 3.05) is 0 Å². The van der Waals surface area contributed by atoms with Gasteiger partial charge in [0, 0.05) is 12.4 Å². The smallest absolute Gasteiger partial charge is 0.342 e. The summed E-state index contributed by atoms with van der Waals surface area (Å²) in [6, 6.07) is 0. The average molecular weight is 236 g/mol. The van der Waals surface area contributed by atoms with E-state index in [1.165, 1.54) is 12.3 Å². The van der Waals surface area contributed by atoms with E-state index < -0.39 is 11.5 Å². The molecule has 0 fully saturated rings. The number of aromatic carboxylic acids is 1. The zero-order valence-electron chi connectivity index (χ0n) is 10.2. The van der Waals surface area contributed by atoms with Crippen LogP contribution in [0.4, 0.5) is 0 Å². The molecule has 0 aromatic carbocycles. The van der Waals surface area contributed by atoms with Gasteiger partial charge in [-0.1, -0.05) is 26.5 Å². The lowest BCUT2D eigenvalue weighted by Gasteiger charge is -2.04. The van der Waals surface area contributed by atoms with Gasteiger partial charge in [0.25, 0.3) is 5.56 Å². The van der Waals surface area contributed by atoms with Crippen molar-refractivity contribution in [3.05, 3.63) is 40.6 Å². The molecule has 0 radical (unpaired) electrons. The van der Waals surface area contributed by atoms with Gasteiger partial charge in [0.15, 0.2) is 0 Å². The second-order valence-electron chi connectivity index (χ2n) is 2.70. The first-order valence-corrected chi connectivity index (χ1v) is 5.22. The lowest BCUT2D eigenvalue weighted by atomic mass is 10.3. The fourth-order valence-corrected chi connectivity index (χ4v) is 1.07. The Kier molecular flexibility index (Phi) is 6.25. The Morgan fingerprint density at radius 2 is 2.12 bits per heavy atom. The second-order valence-corrected chi connectivity index (χ2v) is 2.70. The van der Waals surface area contributed by atoms with Gasteiger partial charge in [0.1, 0.15) is 11.4 Å². The molecule has 1 rings (SSSR count). The zero-order valence-corrected chi connectivity index (χ0v) is 10.2. The van der Waals surface area contributed by atoms with Gasteiger partial charge in [-0.15, -0.1) is 0 Å². The molecule has 5 heteroatoms. The summed E-state index contributed by atoms with van der Waals surface area (Å²) in [5, 5.41) is 8.72. The van der Waals surface area contributed by atoms with E-state index in [1.807, 2.05) is 13.8 Å². The first kappa shape index (κ1) is 14.8. The van der Waals surface area contributed by atoms with E-state index in [9.17, 15) is 9.59 Å². The molecule has 1 N–H and O–H groups in total. The lowest BCUT2D eigenvalue weighted by Crippen LogP contribution is -2.25. The molecule has 0 aliphatic heterocycles. The van der Waals surface area contributed by atoms with E-state index in [0.29, 0.717) is 5.82 Å². The van der Waals surface area contributed by atoms with Gasteiger partial charge in [0.05, 0.1) is 0 Å². The van der Waals surface area contributed by atoms with Crippen LogP contribution >= 0.6 is 0 Å². The van der Waals surface area contributed by atoms with Crippen molar-refractivity contribution >= 4 is 18.2 Å². The number of allylic oxidation sites excluding steroid dienone is 1. The number of carboxylic acids is 1. The number of carbonyl (C=O) groups is 1. The van der Waals surface area contributed by atoms with Crippen LogP contribution in [0.3, 0.4) is 0 Å². The second kappa shape index (κ2) is 7.16. The third kappa shape index (κ3) is 3.41. The predicted molar refractivity (Wildman–Crippen MR) is 67.9 cm³/mol. The maximum absolute atomic E-state index is 11.6. The molecule has 1 aromatic heterocycles. The predicted octanol–water partition coefficient (Wildman–Crippen LogP) is 2.10. The zero-order chi connectivity index (χ0) is 13.4. The van der Waals surface area contributed by atoms with E-state index in [4.69, 9.17) is 5.11 Å². The van der Waals surface area contributed by atoms with Crippen LogP contribution in [0.15, 0.2) is 23.6 Å². The number of nitrogens with zero attached hydrogens (tertiary/aromatic N) is 2. The summed E-state index contributed by atoms with van der Waals surface area (Å²) in [6.07, 6.45) is 5.47. The molecule has 0 saturated heterocycles. The van der Waals surface area contributed by atoms with E-state index >= 15 is 0 Å². The molecule has 0 bridgehead atoms. The summed E-state index contributed by atoms with van der Waals surface area (Å²) in [5.41, 5.74) is -0.982. The van der Waals surface area contributed by atoms with Crippen molar-refractivity contribution in [3.8, 4) is 0 Å². The molecule has 0 amide bonds. The van der Waals surface area contributed by atoms with Crippen molar-refractivity contribution in [1.82, 2.24) is 9.55 Å². The number of aromatic nitrogens is 2. The van der Waals surface area contributed by atoms with Gasteiger partial charge in [-0.3, -0.25) is 9.36 Å². The van der Waals surface area contributed by atoms with Gasteiger partial charge in [-0.05, 0) is 13.0 Å². The molecule has 0 unspecified atom stereocenters. The summed E-state index contributed by atoms with van der Waals surface area (Å²) < 4.78 is 1.14.